The van der Waals surface area contributed by atoms with E-state index in [4.69, 9.17) is 19.4 Å². The van der Waals surface area contributed by atoms with Gasteiger partial charge >= 0.3 is 0 Å². The maximum Gasteiger partial charge on any atom is 0.165 e. The van der Waals surface area contributed by atoms with Crippen molar-refractivity contribution in [1.82, 2.24) is 19.5 Å². The first-order chi connectivity index (χ1) is 31.2. The lowest BCUT2D eigenvalue weighted by Crippen LogP contribution is -2.00. The van der Waals surface area contributed by atoms with Crippen molar-refractivity contribution in [2.75, 3.05) is 0 Å². The zero-order valence-electron chi connectivity index (χ0n) is 33.6. The van der Waals surface area contributed by atoms with E-state index in [1.807, 2.05) is 18.2 Å². The van der Waals surface area contributed by atoms with Crippen LogP contribution in [0.4, 0.5) is 0 Å². The van der Waals surface area contributed by atoms with Crippen molar-refractivity contribution < 1.29 is 4.42 Å². The average molecular weight is 821 g/mol. The number of aromatic nitrogens is 4. The third-order valence-corrected chi connectivity index (χ3v) is 14.0. The van der Waals surface area contributed by atoms with Crippen LogP contribution in [0.2, 0.25) is 0 Å². The molecule has 0 amide bonds. The summed E-state index contributed by atoms with van der Waals surface area (Å²) in [6.45, 7) is 0. The summed E-state index contributed by atoms with van der Waals surface area (Å²) in [5.74, 6) is 1.91. The molecule has 63 heavy (non-hydrogen) atoms. The van der Waals surface area contributed by atoms with Crippen molar-refractivity contribution in [3.05, 3.63) is 194 Å². The Kier molecular flexibility index (Phi) is 7.21. The van der Waals surface area contributed by atoms with Gasteiger partial charge in [-0.3, -0.25) is 0 Å². The molecule has 0 atom stereocenters. The Morgan fingerprint density at radius 3 is 1.76 bits per heavy atom. The van der Waals surface area contributed by atoms with Crippen LogP contribution < -0.4 is 0 Å². The summed E-state index contributed by atoms with van der Waals surface area (Å²) >= 11 is 1.78. The molecule has 0 fully saturated rings. The fourth-order valence-electron chi connectivity index (χ4n) is 9.79. The number of thiophene rings is 1. The molecule has 0 radical (unpaired) electrons. The first-order valence-corrected chi connectivity index (χ1v) is 22.0. The second kappa shape index (κ2) is 13.2. The van der Waals surface area contributed by atoms with Gasteiger partial charge in [0.15, 0.2) is 17.5 Å². The molecule has 10 aromatic carbocycles. The quantitative estimate of drug-likeness (QED) is 0.177. The minimum absolute atomic E-state index is 0.620. The summed E-state index contributed by atoms with van der Waals surface area (Å²) in [7, 11) is 0. The van der Waals surface area contributed by atoms with Gasteiger partial charge in [0, 0.05) is 64.1 Å². The van der Waals surface area contributed by atoms with Crippen LogP contribution in [0.15, 0.2) is 199 Å². The molecule has 0 saturated heterocycles. The van der Waals surface area contributed by atoms with E-state index in [2.05, 4.69) is 180 Å². The van der Waals surface area contributed by atoms with Crippen LogP contribution in [-0.2, 0) is 0 Å². The van der Waals surface area contributed by atoms with Crippen molar-refractivity contribution in [2.45, 2.75) is 0 Å². The molecule has 14 aromatic rings. The van der Waals surface area contributed by atoms with Gasteiger partial charge in [0.05, 0.1) is 11.0 Å². The predicted octanol–water partition coefficient (Wildman–Crippen LogP) is 15.7. The second-order valence-corrected chi connectivity index (χ2v) is 17.4. The van der Waals surface area contributed by atoms with E-state index >= 15 is 0 Å². The van der Waals surface area contributed by atoms with Crippen molar-refractivity contribution in [1.29, 1.82) is 0 Å². The Labute approximate surface area is 363 Å². The number of nitrogens with zero attached hydrogens (tertiary/aromatic N) is 4. The molecule has 0 saturated carbocycles. The fourth-order valence-corrected chi connectivity index (χ4v) is 11.0. The highest BCUT2D eigenvalue weighted by atomic mass is 32.1. The van der Waals surface area contributed by atoms with E-state index in [0.717, 1.165) is 55.1 Å². The zero-order chi connectivity index (χ0) is 41.2. The molecular formula is C57H32N4OS. The molecular weight excluding hydrogens is 789 g/mol. The molecule has 0 unspecified atom stereocenters. The van der Waals surface area contributed by atoms with Gasteiger partial charge in [0.1, 0.15) is 11.2 Å². The number of hydrogen-bond acceptors (Lipinski definition) is 5. The normalized spacial score (nSPS) is 12.1. The van der Waals surface area contributed by atoms with Gasteiger partial charge in [-0.05, 0) is 99.0 Å². The molecule has 5 nitrogen and oxygen atoms in total. The third kappa shape index (κ3) is 5.25. The summed E-state index contributed by atoms with van der Waals surface area (Å²) in [4.78, 5) is 15.6. The third-order valence-electron chi connectivity index (χ3n) is 12.8. The highest BCUT2D eigenvalue weighted by Crippen LogP contribution is 2.43. The minimum Gasteiger partial charge on any atom is -0.456 e. The van der Waals surface area contributed by atoms with Crippen LogP contribution >= 0.6 is 11.3 Å². The first kappa shape index (κ1) is 34.5. The molecule has 0 aliphatic carbocycles. The van der Waals surface area contributed by atoms with E-state index in [1.165, 1.54) is 63.5 Å². The largest absolute Gasteiger partial charge is 0.456 e. The van der Waals surface area contributed by atoms with E-state index in [0.29, 0.717) is 17.5 Å². The van der Waals surface area contributed by atoms with E-state index in [9.17, 15) is 0 Å². The Hall–Kier alpha value is -8.19. The molecule has 14 rings (SSSR count). The number of rotatable bonds is 4. The lowest BCUT2D eigenvalue weighted by atomic mass is 10.0. The van der Waals surface area contributed by atoms with Crippen LogP contribution in [0, 0.1) is 0 Å². The standard InChI is InChI=1S/C57H32N4OS/c1-2-11-34(12-3-1)55-58-56(60-57(59-55)43-19-10-18-42-41-17-8-9-20-52(41)63-54(42)43)39-22-21-33-23-25-51-53(44(33)29-39)47-32-40(24-26-50(47)62-51)61-48-30-37-15-6-4-13-35(37)27-45(48)46-28-36-14-5-7-16-38(36)31-49(46)61/h1-32H. The Morgan fingerprint density at radius 2 is 1.00 bits per heavy atom. The van der Waals surface area contributed by atoms with Gasteiger partial charge in [0.2, 0.25) is 0 Å². The molecule has 292 valence electrons. The van der Waals surface area contributed by atoms with Crippen LogP contribution in [0.1, 0.15) is 0 Å². The molecule has 4 aromatic heterocycles. The van der Waals surface area contributed by atoms with Crippen molar-refractivity contribution in [3.8, 4) is 39.9 Å². The number of benzene rings is 10. The highest BCUT2D eigenvalue weighted by Gasteiger charge is 2.20. The van der Waals surface area contributed by atoms with Gasteiger partial charge in [-0.1, -0.05) is 127 Å². The number of hydrogen-bond donors (Lipinski definition) is 0. The lowest BCUT2D eigenvalue weighted by molar-refractivity contribution is 0.669. The maximum atomic E-state index is 6.64. The van der Waals surface area contributed by atoms with Crippen LogP contribution in [0.5, 0.6) is 0 Å². The second-order valence-electron chi connectivity index (χ2n) is 16.4. The zero-order valence-corrected chi connectivity index (χ0v) is 34.4. The molecule has 0 aliphatic rings. The summed E-state index contributed by atoms with van der Waals surface area (Å²) in [5, 5.41) is 14.1. The number of furan rings is 1. The molecule has 4 heterocycles. The van der Waals surface area contributed by atoms with E-state index in [-0.39, 0.29) is 0 Å². The summed E-state index contributed by atoms with van der Waals surface area (Å²) in [5.41, 5.74) is 7.94. The summed E-state index contributed by atoms with van der Waals surface area (Å²) in [6.07, 6.45) is 0. The molecule has 6 heteroatoms. The van der Waals surface area contributed by atoms with Crippen molar-refractivity contribution >= 4 is 108 Å². The van der Waals surface area contributed by atoms with E-state index in [1.54, 1.807) is 11.3 Å². The monoisotopic (exact) mass is 820 g/mol. The van der Waals surface area contributed by atoms with Crippen molar-refractivity contribution in [2.24, 2.45) is 0 Å². The molecule has 0 spiro atoms. The molecule has 0 aliphatic heterocycles. The van der Waals surface area contributed by atoms with Gasteiger partial charge in [-0.25, -0.2) is 15.0 Å². The smallest absolute Gasteiger partial charge is 0.165 e. The predicted molar refractivity (Wildman–Crippen MR) is 263 cm³/mol. The van der Waals surface area contributed by atoms with Gasteiger partial charge in [-0.15, -0.1) is 11.3 Å². The number of fused-ring (bicyclic) bond motifs is 13. The Balaban J connectivity index is 0.994. The lowest BCUT2D eigenvalue weighted by Gasteiger charge is -2.10. The van der Waals surface area contributed by atoms with Crippen LogP contribution in [0.3, 0.4) is 0 Å². The summed E-state index contributed by atoms with van der Waals surface area (Å²) < 4.78 is 11.5. The topological polar surface area (TPSA) is 56.7 Å². The van der Waals surface area contributed by atoms with Gasteiger partial charge in [0.25, 0.3) is 0 Å². The highest BCUT2D eigenvalue weighted by molar-refractivity contribution is 7.26. The average Bonchev–Trinajstić information content (AvgIpc) is 4.01. The SMILES string of the molecule is c1ccc(-c2nc(-c3ccc4ccc5oc6ccc(-n7c8cc9ccccc9cc8c8cc9ccccc9cc87)cc6c5c4c3)nc(-c3cccc4c3sc3ccccc34)n2)cc1. The van der Waals surface area contributed by atoms with Gasteiger partial charge < -0.3 is 8.98 Å². The van der Waals surface area contributed by atoms with E-state index < -0.39 is 0 Å². The Morgan fingerprint density at radius 1 is 0.381 bits per heavy atom. The summed E-state index contributed by atoms with van der Waals surface area (Å²) in [6, 6.07) is 69.2. The van der Waals surface area contributed by atoms with Crippen LogP contribution in [0.25, 0.3) is 136 Å². The Bertz CT molecular complexity index is 4130. The van der Waals surface area contributed by atoms with Crippen LogP contribution in [-0.4, -0.2) is 19.5 Å². The molecule has 0 bridgehead atoms. The minimum atomic E-state index is 0.620. The molecule has 0 N–H and O–H groups in total. The van der Waals surface area contributed by atoms with Gasteiger partial charge in [-0.2, -0.15) is 0 Å². The fraction of sp³-hybridized carbons (Fsp3) is 0. The van der Waals surface area contributed by atoms with Crippen molar-refractivity contribution in [3.63, 3.8) is 0 Å². The maximum absolute atomic E-state index is 6.64. The first-order valence-electron chi connectivity index (χ1n) is 21.2.